The minimum Gasteiger partial charge on any atom is -0.395 e. The van der Waals surface area contributed by atoms with Crippen LogP contribution in [0.25, 0.3) is 0 Å². The van der Waals surface area contributed by atoms with Gasteiger partial charge in [0.1, 0.15) is 0 Å². The molecular formula is C13H16F3NO2. The Morgan fingerprint density at radius 3 is 2.37 bits per heavy atom. The summed E-state index contributed by atoms with van der Waals surface area (Å²) in [7, 11) is 0. The first-order valence-corrected chi connectivity index (χ1v) is 5.86. The van der Waals surface area contributed by atoms with Gasteiger partial charge in [0.05, 0.1) is 19.7 Å². The molecule has 106 valence electrons. The van der Waals surface area contributed by atoms with Gasteiger partial charge in [0, 0.05) is 13.0 Å². The van der Waals surface area contributed by atoms with E-state index in [4.69, 9.17) is 5.11 Å². The zero-order chi connectivity index (χ0) is 14.3. The second kappa shape index (κ2) is 7.25. The number of aliphatic hydroxyl groups excluding tert-OH is 1. The molecule has 0 amide bonds. The van der Waals surface area contributed by atoms with Crippen molar-refractivity contribution in [2.24, 2.45) is 0 Å². The van der Waals surface area contributed by atoms with Crippen LogP contribution in [0.3, 0.4) is 0 Å². The van der Waals surface area contributed by atoms with Crippen LogP contribution in [0.4, 0.5) is 13.2 Å². The van der Waals surface area contributed by atoms with Crippen LogP contribution < -0.4 is 0 Å². The summed E-state index contributed by atoms with van der Waals surface area (Å²) in [6.45, 7) is -2.07. The van der Waals surface area contributed by atoms with E-state index in [0.29, 0.717) is 0 Å². The molecule has 0 saturated heterocycles. The number of hydrogen-bond donors (Lipinski definition) is 1. The van der Waals surface area contributed by atoms with E-state index in [0.717, 1.165) is 10.5 Å². The fraction of sp³-hybridized carbons (Fsp3) is 0.462. The number of alkyl halides is 3. The van der Waals surface area contributed by atoms with Crippen LogP contribution in [0.15, 0.2) is 30.3 Å². The summed E-state index contributed by atoms with van der Waals surface area (Å²) in [5.41, 5.74) is 0.767. The Bertz CT molecular complexity index is 393. The topological polar surface area (TPSA) is 40.5 Å². The molecule has 0 fully saturated rings. The molecule has 0 spiro atoms. The molecule has 1 aromatic rings. The van der Waals surface area contributed by atoms with Crippen molar-refractivity contribution in [1.29, 1.82) is 0 Å². The number of nitrogens with zero attached hydrogens (tertiary/aromatic N) is 1. The van der Waals surface area contributed by atoms with Gasteiger partial charge in [-0.2, -0.15) is 13.2 Å². The smallest absolute Gasteiger partial charge is 0.395 e. The monoisotopic (exact) mass is 275 g/mol. The number of carbonyl (C=O) groups excluding carboxylic acids is 1. The Hall–Kier alpha value is -1.40. The fourth-order valence-corrected chi connectivity index (χ4v) is 1.74. The minimum atomic E-state index is -4.37. The SMILES string of the molecule is O=C(Cc1ccccc1)CN(CCO)CC(F)(F)F. The summed E-state index contributed by atoms with van der Waals surface area (Å²) < 4.78 is 36.8. The number of Topliss-reactive ketones (excluding diaryl/α,β-unsaturated/α-hetero) is 1. The summed E-state index contributed by atoms with van der Waals surface area (Å²) in [5, 5.41) is 8.72. The molecule has 0 aliphatic rings. The van der Waals surface area contributed by atoms with Gasteiger partial charge in [0.15, 0.2) is 5.78 Å². The zero-order valence-corrected chi connectivity index (χ0v) is 10.4. The molecule has 6 heteroatoms. The summed E-state index contributed by atoms with van der Waals surface area (Å²) in [5.74, 6) is -0.302. The normalized spacial score (nSPS) is 11.8. The predicted octanol–water partition coefficient (Wildman–Crippen LogP) is 1.65. The second-order valence-electron chi connectivity index (χ2n) is 4.25. The number of carbonyl (C=O) groups is 1. The lowest BCUT2D eigenvalue weighted by Gasteiger charge is -2.21. The Morgan fingerprint density at radius 1 is 1.21 bits per heavy atom. The quantitative estimate of drug-likeness (QED) is 0.822. The highest BCUT2D eigenvalue weighted by Gasteiger charge is 2.31. The molecule has 1 N–H and O–H groups in total. The average Bonchev–Trinajstić information content (AvgIpc) is 2.28. The molecule has 0 radical (unpaired) electrons. The molecule has 0 bridgehead atoms. The Labute approximate surface area is 109 Å². The highest BCUT2D eigenvalue weighted by Crippen LogP contribution is 2.16. The summed E-state index contributed by atoms with van der Waals surface area (Å²) >= 11 is 0. The molecule has 19 heavy (non-hydrogen) atoms. The number of rotatable bonds is 7. The van der Waals surface area contributed by atoms with Crippen LogP contribution in [0.1, 0.15) is 5.56 Å². The van der Waals surface area contributed by atoms with Gasteiger partial charge >= 0.3 is 6.18 Å². The molecule has 3 nitrogen and oxygen atoms in total. The Kier molecular flexibility index (Phi) is 5.98. The molecule has 0 saturated carbocycles. The first-order chi connectivity index (χ1) is 8.90. The van der Waals surface area contributed by atoms with E-state index >= 15 is 0 Å². The van der Waals surface area contributed by atoms with Crippen molar-refractivity contribution in [3.63, 3.8) is 0 Å². The maximum Gasteiger partial charge on any atom is 0.401 e. The highest BCUT2D eigenvalue weighted by molar-refractivity contribution is 5.82. The van der Waals surface area contributed by atoms with Crippen molar-refractivity contribution in [3.05, 3.63) is 35.9 Å². The van der Waals surface area contributed by atoms with Gasteiger partial charge in [-0.25, -0.2) is 0 Å². The Balaban J connectivity index is 2.51. The van der Waals surface area contributed by atoms with E-state index in [1.165, 1.54) is 0 Å². The molecule has 0 atom stereocenters. The van der Waals surface area contributed by atoms with Gasteiger partial charge in [0.2, 0.25) is 0 Å². The molecular weight excluding hydrogens is 259 g/mol. The zero-order valence-electron chi connectivity index (χ0n) is 10.4. The fourth-order valence-electron chi connectivity index (χ4n) is 1.74. The third kappa shape index (κ3) is 6.93. The van der Waals surface area contributed by atoms with Gasteiger partial charge in [-0.1, -0.05) is 30.3 Å². The molecule has 1 aromatic carbocycles. The highest BCUT2D eigenvalue weighted by atomic mass is 19.4. The predicted molar refractivity (Wildman–Crippen MR) is 64.7 cm³/mol. The third-order valence-corrected chi connectivity index (χ3v) is 2.46. The van der Waals surface area contributed by atoms with E-state index in [1.807, 2.05) is 0 Å². The lowest BCUT2D eigenvalue weighted by molar-refractivity contribution is -0.149. The van der Waals surface area contributed by atoms with Crippen molar-refractivity contribution >= 4 is 5.78 Å². The van der Waals surface area contributed by atoms with E-state index in [9.17, 15) is 18.0 Å². The summed E-state index contributed by atoms with van der Waals surface area (Å²) in [6, 6.07) is 8.83. The van der Waals surface area contributed by atoms with Crippen molar-refractivity contribution < 1.29 is 23.1 Å². The van der Waals surface area contributed by atoms with E-state index < -0.39 is 19.3 Å². The van der Waals surface area contributed by atoms with Crippen molar-refractivity contribution in [2.75, 3.05) is 26.2 Å². The number of benzene rings is 1. The van der Waals surface area contributed by atoms with Crippen molar-refractivity contribution in [3.8, 4) is 0 Å². The van der Waals surface area contributed by atoms with Crippen LogP contribution in [0.2, 0.25) is 0 Å². The van der Waals surface area contributed by atoms with E-state index in [2.05, 4.69) is 0 Å². The van der Waals surface area contributed by atoms with Crippen LogP contribution in [0.5, 0.6) is 0 Å². The minimum absolute atomic E-state index is 0.0978. The maximum absolute atomic E-state index is 12.3. The molecule has 0 aliphatic heterocycles. The van der Waals surface area contributed by atoms with Crippen LogP contribution in [0, 0.1) is 0 Å². The average molecular weight is 275 g/mol. The van der Waals surface area contributed by atoms with Crippen LogP contribution in [-0.2, 0) is 11.2 Å². The second-order valence-corrected chi connectivity index (χ2v) is 4.25. The van der Waals surface area contributed by atoms with Gasteiger partial charge < -0.3 is 5.11 Å². The standard InChI is InChI=1S/C13H16F3NO2/c14-13(15,16)10-17(6-7-18)9-12(19)8-11-4-2-1-3-5-11/h1-5,18H,6-10H2. The van der Waals surface area contributed by atoms with E-state index in [1.54, 1.807) is 30.3 Å². The third-order valence-electron chi connectivity index (χ3n) is 2.46. The lowest BCUT2D eigenvalue weighted by atomic mass is 10.1. The number of halogens is 3. The van der Waals surface area contributed by atoms with Crippen molar-refractivity contribution in [1.82, 2.24) is 4.90 Å². The van der Waals surface area contributed by atoms with E-state index in [-0.39, 0.29) is 25.3 Å². The van der Waals surface area contributed by atoms with Gasteiger partial charge in [0.25, 0.3) is 0 Å². The molecule has 0 aromatic heterocycles. The van der Waals surface area contributed by atoms with Gasteiger partial charge in [-0.05, 0) is 5.56 Å². The van der Waals surface area contributed by atoms with Crippen LogP contribution in [-0.4, -0.2) is 48.2 Å². The molecule has 1 rings (SSSR count). The number of aliphatic hydroxyl groups is 1. The Morgan fingerprint density at radius 2 is 1.84 bits per heavy atom. The summed E-state index contributed by atoms with van der Waals surface area (Å²) in [6.07, 6.45) is -4.27. The molecule has 0 unspecified atom stereocenters. The lowest BCUT2D eigenvalue weighted by Crippen LogP contribution is -2.39. The largest absolute Gasteiger partial charge is 0.401 e. The first-order valence-electron chi connectivity index (χ1n) is 5.86. The van der Waals surface area contributed by atoms with Gasteiger partial charge in [-0.3, -0.25) is 9.69 Å². The van der Waals surface area contributed by atoms with Crippen molar-refractivity contribution in [2.45, 2.75) is 12.6 Å². The molecule has 0 aliphatic carbocycles. The number of ketones is 1. The molecule has 0 heterocycles. The summed E-state index contributed by atoms with van der Waals surface area (Å²) in [4.78, 5) is 12.6. The van der Waals surface area contributed by atoms with Crippen LogP contribution >= 0.6 is 0 Å². The maximum atomic E-state index is 12.3. The van der Waals surface area contributed by atoms with Gasteiger partial charge in [-0.15, -0.1) is 0 Å². The number of hydrogen-bond acceptors (Lipinski definition) is 3. The first kappa shape index (κ1) is 15.7.